The Balaban J connectivity index is 1.28. The maximum atomic E-state index is 5.12. The van der Waals surface area contributed by atoms with Gasteiger partial charge in [0, 0.05) is 75.6 Å². The van der Waals surface area contributed by atoms with Gasteiger partial charge < -0.3 is 4.81 Å². The van der Waals surface area contributed by atoms with Crippen LogP contribution in [0.2, 0.25) is 0 Å². The van der Waals surface area contributed by atoms with E-state index >= 15 is 0 Å². The summed E-state index contributed by atoms with van der Waals surface area (Å²) in [5.41, 5.74) is 12.5. The predicted octanol–water partition coefficient (Wildman–Crippen LogP) is 8.71. The molecule has 0 saturated heterocycles. The molecule has 0 spiro atoms. The van der Waals surface area contributed by atoms with Crippen molar-refractivity contribution in [2.75, 3.05) is 4.81 Å². The van der Waals surface area contributed by atoms with E-state index in [0.29, 0.717) is 17.5 Å². The number of aromatic nitrogens is 6. The minimum absolute atomic E-state index is 0.0934. The summed E-state index contributed by atoms with van der Waals surface area (Å²) >= 11 is 0. The molecule has 0 atom stereocenters. The molecule has 8 heteroatoms. The van der Waals surface area contributed by atoms with Gasteiger partial charge in [0.2, 0.25) is 0 Å². The van der Waals surface area contributed by atoms with E-state index in [2.05, 4.69) is 124 Å². The fourth-order valence-electron chi connectivity index (χ4n) is 7.44. The van der Waals surface area contributed by atoms with E-state index in [9.17, 15) is 0 Å². The highest BCUT2D eigenvalue weighted by Crippen LogP contribution is 2.46. The fraction of sp³-hybridized carbons (Fsp3) is 0. The molecular formula is C44H28BN7. The van der Waals surface area contributed by atoms with Gasteiger partial charge in [-0.3, -0.25) is 15.0 Å². The van der Waals surface area contributed by atoms with Crippen molar-refractivity contribution >= 4 is 34.6 Å². The Bertz CT molecular complexity index is 2630. The molecule has 0 unspecified atom stereocenters. The predicted molar refractivity (Wildman–Crippen MR) is 209 cm³/mol. The minimum Gasteiger partial charge on any atom is -0.376 e. The molecule has 2 aliphatic heterocycles. The zero-order valence-electron chi connectivity index (χ0n) is 27.9. The van der Waals surface area contributed by atoms with Crippen LogP contribution in [-0.4, -0.2) is 36.8 Å². The van der Waals surface area contributed by atoms with Crippen molar-refractivity contribution in [2.45, 2.75) is 0 Å². The molecule has 0 radical (unpaired) electrons. The number of hydrogen-bond acceptors (Lipinski definition) is 7. The Morgan fingerprint density at radius 1 is 0.519 bits per heavy atom. The van der Waals surface area contributed by atoms with Crippen molar-refractivity contribution in [1.29, 1.82) is 0 Å². The van der Waals surface area contributed by atoms with Crippen molar-refractivity contribution in [3.05, 3.63) is 176 Å². The molecule has 52 heavy (non-hydrogen) atoms. The van der Waals surface area contributed by atoms with Crippen molar-refractivity contribution < 1.29 is 0 Å². The number of para-hydroxylation sites is 2. The van der Waals surface area contributed by atoms with E-state index in [4.69, 9.17) is 19.9 Å². The van der Waals surface area contributed by atoms with E-state index in [1.165, 1.54) is 5.56 Å². The molecule has 2 aliphatic rings. The smallest absolute Gasteiger partial charge is 0.321 e. The van der Waals surface area contributed by atoms with Crippen LogP contribution in [-0.2, 0) is 0 Å². The number of allylic oxidation sites excluding steroid dienone is 2. The van der Waals surface area contributed by atoms with E-state index in [0.717, 1.165) is 66.7 Å². The van der Waals surface area contributed by atoms with Crippen LogP contribution >= 0.6 is 0 Å². The summed E-state index contributed by atoms with van der Waals surface area (Å²) in [7, 11) is 0. The lowest BCUT2D eigenvalue weighted by molar-refractivity contribution is 1.07. The second kappa shape index (κ2) is 12.4. The number of anilines is 1. The quantitative estimate of drug-likeness (QED) is 0.170. The molecular weight excluding hydrogens is 637 g/mol. The zero-order chi connectivity index (χ0) is 34.4. The van der Waals surface area contributed by atoms with Crippen LogP contribution in [0.1, 0.15) is 5.56 Å². The molecule has 6 heterocycles. The third-order valence-corrected chi connectivity index (χ3v) is 9.73. The van der Waals surface area contributed by atoms with E-state index in [-0.39, 0.29) is 6.85 Å². The molecule has 0 aliphatic carbocycles. The second-order valence-corrected chi connectivity index (χ2v) is 12.8. The van der Waals surface area contributed by atoms with E-state index < -0.39 is 0 Å². The lowest BCUT2D eigenvalue weighted by Crippen LogP contribution is -2.51. The van der Waals surface area contributed by atoms with Crippen LogP contribution in [0.15, 0.2) is 170 Å². The molecule has 0 saturated carbocycles. The van der Waals surface area contributed by atoms with Gasteiger partial charge in [0.1, 0.15) is 0 Å². The van der Waals surface area contributed by atoms with Crippen molar-refractivity contribution in [3.63, 3.8) is 0 Å². The van der Waals surface area contributed by atoms with Crippen molar-refractivity contribution in [3.8, 4) is 56.4 Å². The van der Waals surface area contributed by atoms with E-state index in [1.54, 1.807) is 24.8 Å². The first-order valence-corrected chi connectivity index (χ1v) is 17.2. The second-order valence-electron chi connectivity index (χ2n) is 12.8. The van der Waals surface area contributed by atoms with Crippen LogP contribution in [0.3, 0.4) is 0 Å². The molecule has 4 aromatic heterocycles. The van der Waals surface area contributed by atoms with Crippen molar-refractivity contribution in [2.24, 2.45) is 0 Å². The monoisotopic (exact) mass is 665 g/mol. The van der Waals surface area contributed by atoms with Gasteiger partial charge in [-0.1, -0.05) is 90.9 Å². The summed E-state index contributed by atoms with van der Waals surface area (Å²) < 4.78 is 0. The molecule has 4 aromatic carbocycles. The summed E-state index contributed by atoms with van der Waals surface area (Å²) in [5, 5.41) is 1.08. The Kier molecular flexibility index (Phi) is 7.09. The van der Waals surface area contributed by atoms with Gasteiger partial charge in [0.05, 0.1) is 5.52 Å². The summed E-state index contributed by atoms with van der Waals surface area (Å²) in [6, 6.07) is 42.0. The number of benzene rings is 4. The van der Waals surface area contributed by atoms with Gasteiger partial charge in [-0.15, -0.1) is 0 Å². The molecule has 0 amide bonds. The number of fused-ring (bicyclic) bond motifs is 7. The Morgan fingerprint density at radius 3 is 1.92 bits per heavy atom. The molecule has 242 valence electrons. The normalized spacial score (nSPS) is 13.0. The third kappa shape index (κ3) is 5.00. The first-order chi connectivity index (χ1) is 25.8. The molecule has 0 N–H and O–H groups in total. The summed E-state index contributed by atoms with van der Waals surface area (Å²) in [6.45, 7) is -0.0934. The Hall–Kier alpha value is -7.06. The average Bonchev–Trinajstić information content (AvgIpc) is 3.23. The fourth-order valence-corrected chi connectivity index (χ4v) is 7.44. The van der Waals surface area contributed by atoms with Crippen LogP contribution in [0.4, 0.5) is 5.69 Å². The minimum atomic E-state index is -0.0934. The maximum Gasteiger partial charge on any atom is 0.321 e. The standard InChI is InChI=1S/C44H28BN7/c1-2-11-29(12-3-1)38-20-7-21-45-37-26-33(44-50-42(31-15-8-22-46-27-31)49-43(51-44)32-16-9-23-47-28-32)25-36(34-18-6-13-30-14-10-24-48-41(30)34)40(37)35-17-4-5-19-39(35)52(38)45/h1-28H. The van der Waals surface area contributed by atoms with Crippen LogP contribution in [0.25, 0.3) is 73.0 Å². The highest BCUT2D eigenvalue weighted by molar-refractivity contribution is 6.85. The van der Waals surface area contributed by atoms with Crippen LogP contribution in [0.5, 0.6) is 0 Å². The Morgan fingerprint density at radius 2 is 1.17 bits per heavy atom. The average molecular weight is 666 g/mol. The van der Waals surface area contributed by atoms with Crippen LogP contribution < -0.4 is 10.3 Å². The summed E-state index contributed by atoms with van der Waals surface area (Å²) in [5.74, 6) is 3.93. The molecule has 10 rings (SSSR count). The Labute approximate surface area is 300 Å². The highest BCUT2D eigenvalue weighted by atomic mass is 15.1. The van der Waals surface area contributed by atoms with Gasteiger partial charge in [-0.2, -0.15) is 0 Å². The van der Waals surface area contributed by atoms with Gasteiger partial charge >= 0.3 is 6.85 Å². The van der Waals surface area contributed by atoms with Crippen LogP contribution in [0, 0.1) is 0 Å². The first-order valence-electron chi connectivity index (χ1n) is 17.2. The molecule has 0 fully saturated rings. The first kappa shape index (κ1) is 29.8. The maximum absolute atomic E-state index is 5.12. The highest BCUT2D eigenvalue weighted by Gasteiger charge is 2.38. The molecule has 7 nitrogen and oxygen atoms in total. The molecule has 8 aromatic rings. The zero-order valence-corrected chi connectivity index (χ0v) is 27.9. The number of nitrogens with zero attached hydrogens (tertiary/aromatic N) is 7. The number of rotatable bonds is 5. The van der Waals surface area contributed by atoms with Gasteiger partial charge in [-0.05, 0) is 70.7 Å². The molecule has 0 bridgehead atoms. The summed E-state index contributed by atoms with van der Waals surface area (Å²) in [6.07, 6.45) is 13.3. The largest absolute Gasteiger partial charge is 0.376 e. The SMILES string of the molecule is C1=CB2c3cc(-c4nc(-c5cccnc5)nc(-c5cccnc5)n4)cc(-c4cccc5cccnc45)c3-c3ccccc3N2C(c2ccccc2)=C1. The van der Waals surface area contributed by atoms with Gasteiger partial charge in [0.25, 0.3) is 0 Å². The van der Waals surface area contributed by atoms with Gasteiger partial charge in [-0.25, -0.2) is 15.0 Å². The lowest BCUT2D eigenvalue weighted by atomic mass is 9.48. The summed E-state index contributed by atoms with van der Waals surface area (Å²) in [4.78, 5) is 31.2. The van der Waals surface area contributed by atoms with Gasteiger partial charge in [0.15, 0.2) is 17.5 Å². The number of pyridine rings is 3. The third-order valence-electron chi connectivity index (χ3n) is 9.73. The van der Waals surface area contributed by atoms with Crippen molar-refractivity contribution in [1.82, 2.24) is 29.9 Å². The van der Waals surface area contributed by atoms with E-state index in [1.807, 2.05) is 36.5 Å². The topological polar surface area (TPSA) is 80.6 Å². The number of hydrogen-bond donors (Lipinski definition) is 0. The lowest BCUT2D eigenvalue weighted by Gasteiger charge is -2.41.